The van der Waals surface area contributed by atoms with Crippen molar-refractivity contribution in [3.8, 4) is 22.5 Å². The molecule has 4 N–H and O–H groups in total. The van der Waals surface area contributed by atoms with Gasteiger partial charge in [0.2, 0.25) is 0 Å². The van der Waals surface area contributed by atoms with Gasteiger partial charge in [-0.2, -0.15) is 0 Å². The Morgan fingerprint density at radius 1 is 0.826 bits per heavy atom. The highest BCUT2D eigenvalue weighted by Crippen LogP contribution is 2.40. The Morgan fingerprint density at radius 2 is 1.39 bits per heavy atom. The van der Waals surface area contributed by atoms with Gasteiger partial charge in [0.05, 0.1) is 84.9 Å². The molecule has 0 amide bonds. The summed E-state index contributed by atoms with van der Waals surface area (Å²) < 4.78 is 30.1. The third-order valence-electron chi connectivity index (χ3n) is 7.39. The number of allylic oxidation sites excluding steroid dienone is 1. The van der Waals surface area contributed by atoms with Crippen molar-refractivity contribution in [2.24, 2.45) is 17.5 Å². The van der Waals surface area contributed by atoms with Gasteiger partial charge in [-0.1, -0.05) is 61.5 Å². The summed E-state index contributed by atoms with van der Waals surface area (Å²) in [5.41, 5.74) is 13.3. The van der Waals surface area contributed by atoms with Crippen LogP contribution in [0.5, 0.6) is 0 Å². The second-order valence-electron chi connectivity index (χ2n) is 11.6. The highest BCUT2D eigenvalue weighted by Gasteiger charge is 2.25. The van der Waals surface area contributed by atoms with Crippen molar-refractivity contribution in [3.63, 3.8) is 0 Å². The van der Waals surface area contributed by atoms with E-state index in [1.807, 2.05) is 10.7 Å². The van der Waals surface area contributed by atoms with Crippen molar-refractivity contribution in [1.82, 2.24) is 20.0 Å². The van der Waals surface area contributed by atoms with Crippen LogP contribution < -0.4 is 16.5 Å². The summed E-state index contributed by atoms with van der Waals surface area (Å²) in [7, 11) is 2.12. The zero-order valence-corrected chi connectivity index (χ0v) is 27.6. The summed E-state index contributed by atoms with van der Waals surface area (Å²) >= 11 is 0. The van der Waals surface area contributed by atoms with Gasteiger partial charge in [-0.15, -0.1) is 5.10 Å². The molecule has 1 aliphatic heterocycles. The van der Waals surface area contributed by atoms with Crippen molar-refractivity contribution in [2.45, 2.75) is 33.4 Å². The van der Waals surface area contributed by atoms with E-state index in [9.17, 15) is 0 Å². The normalized spacial score (nSPS) is 12.9. The largest absolute Gasteiger partial charge is 0.401 e. The number of fused-ring (bicyclic) bond motifs is 5. The molecule has 12 nitrogen and oxygen atoms in total. The molecule has 1 aromatic heterocycles. The number of aromatic nitrogens is 3. The zero-order valence-electron chi connectivity index (χ0n) is 27.6. The number of nitrogens with two attached hydrogens (primary N) is 2. The van der Waals surface area contributed by atoms with Crippen LogP contribution >= 0.6 is 0 Å². The van der Waals surface area contributed by atoms with Gasteiger partial charge in [0.1, 0.15) is 5.69 Å². The Morgan fingerprint density at radius 3 is 2.04 bits per heavy atom. The monoisotopic (exact) mass is 637 g/mol. The summed E-state index contributed by atoms with van der Waals surface area (Å²) in [5, 5.41) is 10.7. The molecule has 0 saturated heterocycles. The van der Waals surface area contributed by atoms with E-state index in [0.717, 1.165) is 46.9 Å². The Kier molecular flexibility index (Phi) is 14.8. The second kappa shape index (κ2) is 19.2. The van der Waals surface area contributed by atoms with E-state index in [1.54, 1.807) is 11.2 Å². The number of nitrogens with zero attached hydrogens (tertiary/aromatic N) is 5. The molecule has 2 aromatic carbocycles. The van der Waals surface area contributed by atoms with Crippen molar-refractivity contribution in [1.29, 1.82) is 0 Å². The highest BCUT2D eigenvalue weighted by atomic mass is 16.6. The van der Waals surface area contributed by atoms with E-state index >= 15 is 0 Å². The van der Waals surface area contributed by atoms with Crippen molar-refractivity contribution in [2.75, 3.05) is 84.6 Å². The lowest BCUT2D eigenvalue weighted by molar-refractivity contribution is -0.0122. The summed E-state index contributed by atoms with van der Waals surface area (Å²) in [6.07, 6.45) is 2.59. The molecule has 12 heteroatoms. The Balaban J connectivity index is 1.03. The summed E-state index contributed by atoms with van der Waals surface area (Å²) in [5.74, 6) is 6.41. The third-order valence-corrected chi connectivity index (χ3v) is 7.39. The maximum Gasteiger partial charge on any atom is 0.123 e. The van der Waals surface area contributed by atoms with Gasteiger partial charge < -0.3 is 39.3 Å². The van der Waals surface area contributed by atoms with Gasteiger partial charge >= 0.3 is 0 Å². The maximum atomic E-state index is 5.95. The van der Waals surface area contributed by atoms with Crippen LogP contribution in [0.15, 0.2) is 60.4 Å². The van der Waals surface area contributed by atoms with Crippen molar-refractivity contribution < 1.29 is 23.7 Å². The van der Waals surface area contributed by atoms with Crippen LogP contribution in [-0.2, 0) is 36.8 Å². The summed E-state index contributed by atoms with van der Waals surface area (Å²) in [6.45, 7) is 11.2. The topological polar surface area (TPSA) is 135 Å². The van der Waals surface area contributed by atoms with E-state index in [2.05, 4.69) is 78.6 Å². The first kappa shape index (κ1) is 35.3. The minimum atomic E-state index is 0.494. The maximum absolute atomic E-state index is 5.95. The first-order valence-electron chi connectivity index (χ1n) is 16.1. The Hall–Kier alpha value is -3.52. The number of benzene rings is 2. The molecule has 1 aliphatic rings. The molecule has 0 saturated carbocycles. The standard InChI is InChI=1S/C34H51N7O5/c1-27(2)24-29(35)26-40(36)12-14-42-16-18-44-20-22-46-23-21-45-19-17-43-15-13-41-34-30-9-5-4-8-28(30)25-39(3)32-11-7-6-10-31(32)33(34)37-38-41/h4-11,26-27H,12-25,35-36H2,1-3H3/b29-26-. The number of hydrazine groups is 1. The van der Waals surface area contributed by atoms with E-state index in [4.69, 9.17) is 35.3 Å². The Bertz CT molecular complexity index is 1350. The molecule has 46 heavy (non-hydrogen) atoms. The minimum absolute atomic E-state index is 0.494. The smallest absolute Gasteiger partial charge is 0.123 e. The van der Waals surface area contributed by atoms with Crippen LogP contribution in [0.3, 0.4) is 0 Å². The lowest BCUT2D eigenvalue weighted by Crippen LogP contribution is -2.30. The molecular formula is C34H51N7O5. The van der Waals surface area contributed by atoms with Gasteiger partial charge in [-0.05, 0) is 24.0 Å². The van der Waals surface area contributed by atoms with Crippen LogP contribution in [0, 0.1) is 5.92 Å². The Labute approximate surface area is 273 Å². The van der Waals surface area contributed by atoms with Gasteiger partial charge in [-0.3, -0.25) is 0 Å². The van der Waals surface area contributed by atoms with Gasteiger partial charge in [0.15, 0.2) is 0 Å². The lowest BCUT2D eigenvalue weighted by Gasteiger charge is -2.26. The number of rotatable bonds is 21. The van der Waals surface area contributed by atoms with Crippen LogP contribution in [0.1, 0.15) is 25.8 Å². The minimum Gasteiger partial charge on any atom is -0.401 e. The average Bonchev–Trinajstić information content (AvgIpc) is 3.44. The molecule has 0 radical (unpaired) electrons. The van der Waals surface area contributed by atoms with Gasteiger partial charge in [0, 0.05) is 42.3 Å². The zero-order chi connectivity index (χ0) is 32.6. The number of ether oxygens (including phenoxy) is 5. The molecule has 0 spiro atoms. The fourth-order valence-corrected chi connectivity index (χ4v) is 5.26. The predicted octanol–water partition coefficient (Wildman–Crippen LogP) is 3.67. The van der Waals surface area contributed by atoms with Crippen molar-refractivity contribution >= 4 is 5.69 Å². The first-order valence-corrected chi connectivity index (χ1v) is 16.1. The highest BCUT2D eigenvalue weighted by molar-refractivity contribution is 5.87. The number of para-hydroxylation sites is 1. The summed E-state index contributed by atoms with van der Waals surface area (Å²) in [4.78, 5) is 2.26. The van der Waals surface area contributed by atoms with E-state index in [1.165, 1.54) is 5.56 Å². The molecule has 252 valence electrons. The molecule has 4 rings (SSSR count). The van der Waals surface area contributed by atoms with Gasteiger partial charge in [0.25, 0.3) is 0 Å². The summed E-state index contributed by atoms with van der Waals surface area (Å²) in [6, 6.07) is 16.8. The molecule has 0 atom stereocenters. The van der Waals surface area contributed by atoms with Crippen LogP contribution in [0.4, 0.5) is 5.69 Å². The van der Waals surface area contributed by atoms with Gasteiger partial charge in [-0.25, -0.2) is 10.5 Å². The number of hydrogen-bond donors (Lipinski definition) is 2. The molecule has 0 unspecified atom stereocenters. The third kappa shape index (κ3) is 11.1. The van der Waals surface area contributed by atoms with E-state index in [-0.39, 0.29) is 0 Å². The van der Waals surface area contributed by atoms with Crippen LogP contribution in [-0.4, -0.2) is 99.7 Å². The van der Waals surface area contributed by atoms with Crippen molar-refractivity contribution in [3.05, 3.63) is 66.0 Å². The molecular weight excluding hydrogens is 586 g/mol. The second-order valence-corrected chi connectivity index (χ2v) is 11.6. The van der Waals surface area contributed by atoms with Crippen LogP contribution in [0.25, 0.3) is 22.5 Å². The molecule has 0 aliphatic carbocycles. The van der Waals surface area contributed by atoms with E-state index in [0.29, 0.717) is 85.1 Å². The molecule has 0 fully saturated rings. The first-order chi connectivity index (χ1) is 22.4. The predicted molar refractivity (Wildman–Crippen MR) is 180 cm³/mol. The fraction of sp³-hybridized carbons (Fsp3) is 0.529. The van der Waals surface area contributed by atoms with E-state index < -0.39 is 0 Å². The molecule has 3 aromatic rings. The molecule has 0 bridgehead atoms. The fourth-order valence-electron chi connectivity index (χ4n) is 5.26. The van der Waals surface area contributed by atoms with Crippen LogP contribution in [0.2, 0.25) is 0 Å². The average molecular weight is 638 g/mol. The molecule has 2 heterocycles. The lowest BCUT2D eigenvalue weighted by atomic mass is 9.96. The number of anilines is 1. The SMILES string of the molecule is CC(C)C/C(N)=C/N(N)CCOCCOCCOCCOCCOCCn1nnc2c1-c1ccccc1CN(C)c1ccccc1-2. The number of hydrogen-bond acceptors (Lipinski definition) is 11. The quantitative estimate of drug-likeness (QED) is 0.101.